The van der Waals surface area contributed by atoms with Crippen LogP contribution in [-0.4, -0.2) is 69.9 Å². The van der Waals surface area contributed by atoms with Crippen molar-refractivity contribution in [2.24, 2.45) is 0 Å². The summed E-state index contributed by atoms with van der Waals surface area (Å²) in [6.45, 7) is 10.2. The van der Waals surface area contributed by atoms with Crippen LogP contribution in [0.2, 0.25) is 0 Å². The zero-order valence-corrected chi connectivity index (χ0v) is 24.9. The van der Waals surface area contributed by atoms with Crippen LogP contribution in [-0.2, 0) is 29.6 Å². The maximum absolute atomic E-state index is 15.8. The van der Waals surface area contributed by atoms with Crippen molar-refractivity contribution in [3.05, 3.63) is 35.9 Å². The van der Waals surface area contributed by atoms with Crippen molar-refractivity contribution < 1.29 is 32.5 Å². The van der Waals surface area contributed by atoms with E-state index in [1.54, 1.807) is 25.3 Å². The number of hydrogen-bond donors (Lipinski definition) is 0. The average molecular weight is 565 g/mol. The van der Waals surface area contributed by atoms with Crippen molar-refractivity contribution in [1.82, 2.24) is 0 Å². The van der Waals surface area contributed by atoms with E-state index in [1.165, 1.54) is 12.1 Å². The largest absolute Gasteiger partial charge is 0.379 e. The van der Waals surface area contributed by atoms with Crippen LogP contribution in [0.25, 0.3) is 0 Å². The van der Waals surface area contributed by atoms with Crippen LogP contribution in [0.15, 0.2) is 30.3 Å². The molecule has 1 rings (SSSR count). The first kappa shape index (κ1) is 35.2. The van der Waals surface area contributed by atoms with Gasteiger partial charge < -0.3 is 23.7 Å². The molecule has 1 aromatic rings. The summed E-state index contributed by atoms with van der Waals surface area (Å²) in [5.74, 6) is -3.36. The van der Waals surface area contributed by atoms with Crippen LogP contribution >= 0.6 is 11.6 Å². The number of alkyl halides is 3. The lowest BCUT2D eigenvalue weighted by molar-refractivity contribution is -0.195. The second-order valence-corrected chi connectivity index (χ2v) is 10.1. The predicted molar refractivity (Wildman–Crippen MR) is 150 cm³/mol. The Balaban J connectivity index is 3.43. The zero-order chi connectivity index (χ0) is 28.2. The molecule has 0 aromatic heterocycles. The van der Waals surface area contributed by atoms with Gasteiger partial charge in [-0.15, -0.1) is 11.6 Å². The van der Waals surface area contributed by atoms with E-state index in [4.69, 9.17) is 35.3 Å². The van der Waals surface area contributed by atoms with Gasteiger partial charge in [-0.3, -0.25) is 0 Å². The Kier molecular flexibility index (Phi) is 19.4. The van der Waals surface area contributed by atoms with E-state index in [0.29, 0.717) is 26.2 Å². The normalized spacial score (nSPS) is 16.2. The first-order valence-corrected chi connectivity index (χ1v) is 14.8. The molecule has 1 aromatic carbocycles. The third kappa shape index (κ3) is 12.1. The van der Waals surface area contributed by atoms with Crippen molar-refractivity contribution in [2.75, 3.05) is 40.1 Å². The molecule has 0 spiro atoms. The van der Waals surface area contributed by atoms with Crippen LogP contribution in [0.3, 0.4) is 0 Å². The van der Waals surface area contributed by atoms with Crippen molar-refractivity contribution in [2.45, 2.75) is 115 Å². The lowest BCUT2D eigenvalue weighted by Crippen LogP contribution is -2.56. The summed E-state index contributed by atoms with van der Waals surface area (Å²) in [5.41, 5.74) is -0.161. The summed E-state index contributed by atoms with van der Waals surface area (Å²) in [4.78, 5) is 0. The smallest absolute Gasteiger partial charge is 0.291 e. The number of ether oxygens (including phenoxy) is 5. The predicted octanol–water partition coefficient (Wildman–Crippen LogP) is 7.77. The Morgan fingerprint density at radius 1 is 0.711 bits per heavy atom. The number of methoxy groups -OCH3 is 1. The van der Waals surface area contributed by atoms with Gasteiger partial charge in [-0.2, -0.15) is 8.78 Å². The minimum Gasteiger partial charge on any atom is -0.379 e. The first-order chi connectivity index (χ1) is 18.4. The molecule has 0 amide bonds. The van der Waals surface area contributed by atoms with E-state index >= 15 is 8.78 Å². The minimum absolute atomic E-state index is 0.161. The molecule has 0 aliphatic rings. The fraction of sp³-hybridized carbons (Fsp3) is 0.800. The highest BCUT2D eigenvalue weighted by atomic mass is 35.5. The SMILES string of the molecule is CCCCOC[C@@H](OC)[C@@H](OCCCC)[C@H](OCCCC)[C@@H](OCCCC)[C@H](Cl)C(F)(F)c1ccccc1. The molecule has 8 heteroatoms. The van der Waals surface area contributed by atoms with Crippen LogP contribution in [0.4, 0.5) is 8.78 Å². The molecule has 0 radical (unpaired) electrons. The fourth-order valence-corrected chi connectivity index (χ4v) is 4.34. The van der Waals surface area contributed by atoms with Gasteiger partial charge in [-0.05, 0) is 25.7 Å². The molecular formula is C30H51ClF2O5. The lowest BCUT2D eigenvalue weighted by Gasteiger charge is -2.40. The Morgan fingerprint density at radius 2 is 1.18 bits per heavy atom. The monoisotopic (exact) mass is 564 g/mol. The number of benzene rings is 1. The summed E-state index contributed by atoms with van der Waals surface area (Å²) in [7, 11) is 1.58. The van der Waals surface area contributed by atoms with Crippen LogP contribution in [0.5, 0.6) is 0 Å². The van der Waals surface area contributed by atoms with E-state index in [1.807, 2.05) is 6.92 Å². The van der Waals surface area contributed by atoms with Crippen LogP contribution in [0.1, 0.15) is 84.6 Å². The molecule has 0 unspecified atom stereocenters. The zero-order valence-electron chi connectivity index (χ0n) is 24.1. The van der Waals surface area contributed by atoms with Gasteiger partial charge in [-0.1, -0.05) is 83.7 Å². The Hall–Kier alpha value is -0.830. The summed E-state index contributed by atoms with van der Waals surface area (Å²) < 4.78 is 62.2. The molecule has 5 nitrogen and oxygen atoms in total. The van der Waals surface area contributed by atoms with E-state index < -0.39 is 35.7 Å². The third-order valence-electron chi connectivity index (χ3n) is 6.46. The van der Waals surface area contributed by atoms with Crippen molar-refractivity contribution in [3.8, 4) is 0 Å². The molecule has 222 valence electrons. The average Bonchev–Trinajstić information content (AvgIpc) is 2.93. The van der Waals surface area contributed by atoms with Gasteiger partial charge in [0.25, 0.3) is 5.92 Å². The number of rotatable bonds is 24. The van der Waals surface area contributed by atoms with Crippen LogP contribution in [0, 0.1) is 0 Å². The van der Waals surface area contributed by atoms with Gasteiger partial charge in [0.1, 0.15) is 29.8 Å². The summed E-state index contributed by atoms with van der Waals surface area (Å²) in [6.07, 6.45) is 3.65. The standard InChI is InChI=1S/C30H51ClF2O5/c1-6-10-19-35-23-25(34-5)26(36-20-11-7-2)27(37-21-12-8-3)28(38-22-13-9-4)29(31)30(32,33)24-17-15-14-16-18-24/h14-18,25-29H,6-13,19-23H2,1-5H3/t25-,26-,27+,28-,29+/m1/s1. The molecule has 0 saturated heterocycles. The second kappa shape index (κ2) is 21.0. The highest BCUT2D eigenvalue weighted by Gasteiger charge is 2.51. The highest BCUT2D eigenvalue weighted by molar-refractivity contribution is 6.21. The first-order valence-electron chi connectivity index (χ1n) is 14.4. The molecule has 5 atom stereocenters. The van der Waals surface area contributed by atoms with Gasteiger partial charge in [0, 0.05) is 39.1 Å². The van der Waals surface area contributed by atoms with E-state index in [2.05, 4.69) is 20.8 Å². The number of hydrogen-bond acceptors (Lipinski definition) is 5. The molecule has 0 saturated carbocycles. The summed E-state index contributed by atoms with van der Waals surface area (Å²) in [6, 6.07) is 7.65. The quantitative estimate of drug-likeness (QED) is 0.0947. The molecular weight excluding hydrogens is 514 g/mol. The Morgan fingerprint density at radius 3 is 1.68 bits per heavy atom. The van der Waals surface area contributed by atoms with Gasteiger partial charge in [-0.25, -0.2) is 0 Å². The van der Waals surface area contributed by atoms with Gasteiger partial charge in [0.2, 0.25) is 0 Å². The van der Waals surface area contributed by atoms with Crippen molar-refractivity contribution in [3.63, 3.8) is 0 Å². The summed E-state index contributed by atoms with van der Waals surface area (Å²) >= 11 is 6.68. The summed E-state index contributed by atoms with van der Waals surface area (Å²) in [5, 5.41) is -1.69. The van der Waals surface area contributed by atoms with Gasteiger partial charge >= 0.3 is 0 Å². The fourth-order valence-electron chi connectivity index (χ4n) is 4.00. The van der Waals surface area contributed by atoms with E-state index in [9.17, 15) is 0 Å². The topological polar surface area (TPSA) is 46.2 Å². The van der Waals surface area contributed by atoms with E-state index in [0.717, 1.165) is 44.9 Å². The molecule has 0 heterocycles. The second-order valence-electron chi connectivity index (χ2n) is 9.66. The maximum atomic E-state index is 15.8. The van der Waals surface area contributed by atoms with E-state index in [-0.39, 0.29) is 18.8 Å². The van der Waals surface area contributed by atoms with Crippen LogP contribution < -0.4 is 0 Å². The molecule has 38 heavy (non-hydrogen) atoms. The van der Waals surface area contributed by atoms with Gasteiger partial charge in [0.05, 0.1) is 6.61 Å². The lowest BCUT2D eigenvalue weighted by atomic mass is 9.94. The molecule has 0 aliphatic carbocycles. The van der Waals surface area contributed by atoms with Crippen molar-refractivity contribution in [1.29, 1.82) is 0 Å². The maximum Gasteiger partial charge on any atom is 0.291 e. The Labute approximate surface area is 234 Å². The minimum atomic E-state index is -3.36. The number of halogens is 3. The number of unbranched alkanes of at least 4 members (excludes halogenated alkanes) is 4. The molecule has 0 bridgehead atoms. The molecule has 0 N–H and O–H groups in total. The Bertz CT molecular complexity index is 682. The van der Waals surface area contributed by atoms with Gasteiger partial charge in [0.15, 0.2) is 0 Å². The molecule has 0 aliphatic heterocycles. The third-order valence-corrected chi connectivity index (χ3v) is 6.98. The highest BCUT2D eigenvalue weighted by Crippen LogP contribution is 2.40. The molecule has 0 fully saturated rings. The van der Waals surface area contributed by atoms with Crippen molar-refractivity contribution >= 4 is 11.6 Å².